The molecule has 0 unspecified atom stereocenters. The van der Waals surface area contributed by atoms with Crippen LogP contribution in [0.2, 0.25) is 0 Å². The van der Waals surface area contributed by atoms with Gasteiger partial charge in [-0.2, -0.15) is 5.10 Å². The molecule has 3 heteroatoms. The van der Waals surface area contributed by atoms with Crippen LogP contribution >= 0.6 is 0 Å². The van der Waals surface area contributed by atoms with Crippen molar-refractivity contribution in [3.63, 3.8) is 0 Å². The van der Waals surface area contributed by atoms with Gasteiger partial charge in [-0.1, -0.05) is 44.9 Å². The van der Waals surface area contributed by atoms with Crippen LogP contribution in [0.25, 0.3) is 0 Å². The molecule has 0 amide bonds. The smallest absolute Gasteiger partial charge is 0.132 e. The van der Waals surface area contributed by atoms with Gasteiger partial charge in [0.05, 0.1) is 11.7 Å². The Morgan fingerprint density at radius 2 is 1.95 bits per heavy atom. The van der Waals surface area contributed by atoms with Crippen molar-refractivity contribution in [2.24, 2.45) is 0 Å². The third-order valence-corrected chi connectivity index (χ3v) is 4.28. The van der Waals surface area contributed by atoms with E-state index in [2.05, 4.69) is 48.0 Å². The quantitative estimate of drug-likeness (QED) is 0.795. The van der Waals surface area contributed by atoms with Crippen molar-refractivity contribution in [1.29, 1.82) is 0 Å². The molecule has 1 aromatic heterocycles. The summed E-state index contributed by atoms with van der Waals surface area (Å²) in [5, 5.41) is 4.67. The van der Waals surface area contributed by atoms with E-state index in [-0.39, 0.29) is 0 Å². The average Bonchev–Trinajstić information content (AvgIpc) is 3.16. The average molecular weight is 284 g/mol. The highest BCUT2D eigenvalue weighted by Crippen LogP contribution is 2.29. The van der Waals surface area contributed by atoms with Crippen LogP contribution in [0.3, 0.4) is 0 Å². The Bertz CT molecular complexity index is 582. The van der Waals surface area contributed by atoms with Crippen LogP contribution in [0.4, 0.5) is 0 Å². The van der Waals surface area contributed by atoms with Crippen LogP contribution in [0.1, 0.15) is 62.7 Å². The number of benzene rings is 1. The lowest BCUT2D eigenvalue weighted by atomic mass is 10.0. The normalized spacial score (nSPS) is 15.8. The molecule has 0 radical (unpaired) electrons. The highest BCUT2D eigenvalue weighted by molar-refractivity contribution is 5.35. The summed E-state index contributed by atoms with van der Waals surface area (Å²) in [5.74, 6) is 1.44. The summed E-state index contributed by atoms with van der Waals surface area (Å²) in [5.41, 5.74) is 2.27. The van der Waals surface area contributed by atoms with Gasteiger partial charge in [0.2, 0.25) is 0 Å². The molecule has 1 fully saturated rings. The van der Waals surface area contributed by atoms with Crippen LogP contribution in [0.15, 0.2) is 36.5 Å². The fourth-order valence-electron chi connectivity index (χ4n) is 3.07. The molecule has 3 rings (SSSR count). The standard InChI is InChI=1S/C18H24N2O/c1-14(2)17-9-5-6-10-18(17)21-13-15-11-12-20(19-15)16-7-3-4-8-16/h5-6,9-12,14,16H,3-4,7-8,13H2,1-2H3. The van der Waals surface area contributed by atoms with Crippen molar-refractivity contribution < 1.29 is 4.74 Å². The first-order chi connectivity index (χ1) is 10.2. The fraction of sp³-hybridized carbons (Fsp3) is 0.500. The van der Waals surface area contributed by atoms with E-state index in [1.165, 1.54) is 31.2 Å². The van der Waals surface area contributed by atoms with E-state index in [1.54, 1.807) is 0 Å². The fourth-order valence-corrected chi connectivity index (χ4v) is 3.07. The summed E-state index contributed by atoms with van der Waals surface area (Å²) < 4.78 is 8.11. The van der Waals surface area contributed by atoms with E-state index in [0.29, 0.717) is 18.6 Å². The zero-order chi connectivity index (χ0) is 14.7. The molecule has 1 aliphatic rings. The van der Waals surface area contributed by atoms with Gasteiger partial charge >= 0.3 is 0 Å². The SMILES string of the molecule is CC(C)c1ccccc1OCc1ccn(C2CCCC2)n1. The van der Waals surface area contributed by atoms with Crippen molar-refractivity contribution in [3.8, 4) is 5.75 Å². The molecule has 3 nitrogen and oxygen atoms in total. The Labute approximate surface area is 126 Å². The lowest BCUT2D eigenvalue weighted by Crippen LogP contribution is -2.06. The van der Waals surface area contributed by atoms with Gasteiger partial charge in [-0.3, -0.25) is 4.68 Å². The van der Waals surface area contributed by atoms with E-state index >= 15 is 0 Å². The molecule has 21 heavy (non-hydrogen) atoms. The maximum atomic E-state index is 5.98. The maximum absolute atomic E-state index is 5.98. The number of aromatic nitrogens is 2. The third kappa shape index (κ3) is 3.29. The van der Waals surface area contributed by atoms with Gasteiger partial charge in [0.25, 0.3) is 0 Å². The summed E-state index contributed by atoms with van der Waals surface area (Å²) in [6, 6.07) is 11.0. The van der Waals surface area contributed by atoms with Gasteiger partial charge in [-0.15, -0.1) is 0 Å². The molecule has 1 heterocycles. The molecule has 0 aliphatic heterocycles. The Kier molecular flexibility index (Phi) is 4.28. The minimum atomic E-state index is 0.470. The minimum Gasteiger partial charge on any atom is -0.487 e. The number of ether oxygens (including phenoxy) is 1. The highest BCUT2D eigenvalue weighted by atomic mass is 16.5. The van der Waals surface area contributed by atoms with Crippen LogP contribution in [0.5, 0.6) is 5.75 Å². The molecular weight excluding hydrogens is 260 g/mol. The van der Waals surface area contributed by atoms with Crippen molar-refractivity contribution in [2.45, 2.75) is 58.1 Å². The van der Waals surface area contributed by atoms with Crippen LogP contribution < -0.4 is 4.74 Å². The van der Waals surface area contributed by atoms with Gasteiger partial charge < -0.3 is 4.74 Å². The first-order valence-electron chi connectivity index (χ1n) is 8.00. The second-order valence-corrected chi connectivity index (χ2v) is 6.21. The molecule has 1 aromatic carbocycles. The Morgan fingerprint density at radius 3 is 2.71 bits per heavy atom. The predicted molar refractivity (Wildman–Crippen MR) is 84.6 cm³/mol. The first-order valence-corrected chi connectivity index (χ1v) is 8.00. The van der Waals surface area contributed by atoms with E-state index < -0.39 is 0 Å². The van der Waals surface area contributed by atoms with Gasteiger partial charge in [0, 0.05) is 6.20 Å². The third-order valence-electron chi connectivity index (χ3n) is 4.28. The number of rotatable bonds is 5. The van der Waals surface area contributed by atoms with Gasteiger partial charge in [-0.05, 0) is 36.5 Å². The monoisotopic (exact) mass is 284 g/mol. The first kappa shape index (κ1) is 14.2. The van der Waals surface area contributed by atoms with E-state index in [9.17, 15) is 0 Å². The van der Waals surface area contributed by atoms with E-state index in [1.807, 2.05) is 12.1 Å². The Hall–Kier alpha value is -1.77. The molecule has 2 aromatic rings. The number of nitrogens with zero attached hydrogens (tertiary/aromatic N) is 2. The van der Waals surface area contributed by atoms with Crippen molar-refractivity contribution in [1.82, 2.24) is 9.78 Å². The Balaban J connectivity index is 1.65. The largest absolute Gasteiger partial charge is 0.487 e. The summed E-state index contributed by atoms with van der Waals surface area (Å²) >= 11 is 0. The van der Waals surface area contributed by atoms with E-state index in [4.69, 9.17) is 4.74 Å². The highest BCUT2D eigenvalue weighted by Gasteiger charge is 2.17. The molecule has 0 saturated heterocycles. The molecule has 1 aliphatic carbocycles. The molecular formula is C18H24N2O. The lowest BCUT2D eigenvalue weighted by molar-refractivity contribution is 0.294. The minimum absolute atomic E-state index is 0.470. The van der Waals surface area contributed by atoms with Crippen LogP contribution in [-0.2, 0) is 6.61 Å². The Morgan fingerprint density at radius 1 is 1.19 bits per heavy atom. The summed E-state index contributed by atoms with van der Waals surface area (Å²) in [7, 11) is 0. The second-order valence-electron chi connectivity index (χ2n) is 6.21. The lowest BCUT2D eigenvalue weighted by Gasteiger charge is -2.13. The molecule has 0 spiro atoms. The molecule has 0 bridgehead atoms. The molecule has 0 atom stereocenters. The number of hydrogen-bond donors (Lipinski definition) is 0. The van der Waals surface area contributed by atoms with Crippen molar-refractivity contribution in [3.05, 3.63) is 47.8 Å². The van der Waals surface area contributed by atoms with Crippen LogP contribution in [-0.4, -0.2) is 9.78 Å². The summed E-state index contributed by atoms with van der Waals surface area (Å²) in [6.07, 6.45) is 7.29. The molecule has 112 valence electrons. The zero-order valence-corrected chi connectivity index (χ0v) is 13.0. The molecule has 1 saturated carbocycles. The van der Waals surface area contributed by atoms with Gasteiger partial charge in [0.1, 0.15) is 12.4 Å². The van der Waals surface area contributed by atoms with Gasteiger partial charge in [-0.25, -0.2) is 0 Å². The summed E-state index contributed by atoms with van der Waals surface area (Å²) in [6.45, 7) is 4.93. The van der Waals surface area contributed by atoms with Crippen LogP contribution in [0, 0.1) is 0 Å². The number of para-hydroxylation sites is 1. The molecule has 0 N–H and O–H groups in total. The van der Waals surface area contributed by atoms with Gasteiger partial charge in [0.15, 0.2) is 0 Å². The van der Waals surface area contributed by atoms with Crippen molar-refractivity contribution in [2.75, 3.05) is 0 Å². The topological polar surface area (TPSA) is 27.1 Å². The van der Waals surface area contributed by atoms with Crippen molar-refractivity contribution >= 4 is 0 Å². The zero-order valence-electron chi connectivity index (χ0n) is 13.0. The predicted octanol–water partition coefficient (Wildman–Crippen LogP) is 4.70. The maximum Gasteiger partial charge on any atom is 0.132 e. The number of hydrogen-bond acceptors (Lipinski definition) is 2. The van der Waals surface area contributed by atoms with E-state index in [0.717, 1.165) is 11.4 Å². The second kappa shape index (κ2) is 6.33. The summed E-state index contributed by atoms with van der Waals surface area (Å²) in [4.78, 5) is 0.